The molecule has 3 N–H and O–H groups in total. The molecule has 0 bridgehead atoms. The number of nitrogens with two attached hydrogens (primary N) is 1. The van der Waals surface area contributed by atoms with Crippen LogP contribution in [0.1, 0.15) is 78.6 Å². The molecule has 0 amide bonds. The molecule has 1 aliphatic heterocycles. The summed E-state index contributed by atoms with van der Waals surface area (Å²) in [5, 5.41) is 7.98. The number of fused-ring (bicyclic) bond motifs is 1. The number of rotatable bonds is 8. The van der Waals surface area contributed by atoms with Crippen LogP contribution in [0.5, 0.6) is 0 Å². The van der Waals surface area contributed by atoms with Gasteiger partial charge in [-0.25, -0.2) is 4.99 Å². The van der Waals surface area contributed by atoms with E-state index in [1.54, 1.807) is 0 Å². The SMILES string of the molecule is CC(C)CCCC(C)CCCC1CCC2C(N)=NC(=N)C2C1. The summed E-state index contributed by atoms with van der Waals surface area (Å²) in [5.74, 6) is 4.52. The number of nitrogens with zero attached hydrogens (tertiary/aromatic N) is 1. The largest absolute Gasteiger partial charge is 0.387 e. The van der Waals surface area contributed by atoms with E-state index in [1.807, 2.05) is 0 Å². The van der Waals surface area contributed by atoms with Crippen molar-refractivity contribution in [2.45, 2.75) is 78.6 Å². The van der Waals surface area contributed by atoms with Gasteiger partial charge in [-0.1, -0.05) is 59.3 Å². The predicted octanol–water partition coefficient (Wildman–Crippen LogP) is 5.00. The monoisotopic (exact) mass is 305 g/mol. The maximum atomic E-state index is 7.98. The summed E-state index contributed by atoms with van der Waals surface area (Å²) < 4.78 is 0. The average molecular weight is 306 g/mol. The van der Waals surface area contributed by atoms with Gasteiger partial charge >= 0.3 is 0 Å². The summed E-state index contributed by atoms with van der Waals surface area (Å²) in [6, 6.07) is 0. The number of aliphatic imine (C=N–C) groups is 1. The van der Waals surface area contributed by atoms with Gasteiger partial charge < -0.3 is 5.73 Å². The van der Waals surface area contributed by atoms with Crippen molar-refractivity contribution in [3.8, 4) is 0 Å². The van der Waals surface area contributed by atoms with Gasteiger partial charge in [0.2, 0.25) is 0 Å². The lowest BCUT2D eigenvalue weighted by molar-refractivity contribution is 0.258. The van der Waals surface area contributed by atoms with Gasteiger partial charge in [0.1, 0.15) is 11.7 Å². The van der Waals surface area contributed by atoms with Crippen LogP contribution < -0.4 is 5.73 Å². The Morgan fingerprint density at radius 1 is 1.09 bits per heavy atom. The van der Waals surface area contributed by atoms with Crippen LogP contribution in [-0.2, 0) is 0 Å². The molecule has 126 valence electrons. The van der Waals surface area contributed by atoms with Crippen molar-refractivity contribution in [3.63, 3.8) is 0 Å². The fourth-order valence-electron chi connectivity index (χ4n) is 4.25. The molecular formula is C19H35N3. The Hall–Kier alpha value is -0.860. The van der Waals surface area contributed by atoms with E-state index in [0.29, 0.717) is 17.7 Å². The minimum atomic E-state index is 0.335. The molecule has 1 saturated carbocycles. The normalized spacial score (nSPS) is 29.5. The van der Waals surface area contributed by atoms with Gasteiger partial charge in [0, 0.05) is 11.8 Å². The molecule has 2 aliphatic rings. The fraction of sp³-hybridized carbons (Fsp3) is 0.895. The molecule has 1 fully saturated rings. The smallest absolute Gasteiger partial charge is 0.126 e. The molecule has 0 aromatic carbocycles. The minimum absolute atomic E-state index is 0.335. The molecule has 1 heterocycles. The van der Waals surface area contributed by atoms with E-state index >= 15 is 0 Å². The second-order valence-corrected chi connectivity index (χ2v) is 8.17. The first-order valence-corrected chi connectivity index (χ1v) is 9.39. The van der Waals surface area contributed by atoms with Crippen molar-refractivity contribution in [1.29, 1.82) is 5.41 Å². The van der Waals surface area contributed by atoms with Crippen molar-refractivity contribution in [2.75, 3.05) is 0 Å². The van der Waals surface area contributed by atoms with E-state index in [0.717, 1.165) is 36.4 Å². The van der Waals surface area contributed by atoms with Crippen LogP contribution in [-0.4, -0.2) is 11.7 Å². The summed E-state index contributed by atoms with van der Waals surface area (Å²) >= 11 is 0. The van der Waals surface area contributed by atoms with Crippen molar-refractivity contribution in [2.24, 2.45) is 40.3 Å². The lowest BCUT2D eigenvalue weighted by Gasteiger charge is -2.31. The molecule has 3 heteroatoms. The molecule has 0 spiro atoms. The molecular weight excluding hydrogens is 270 g/mol. The highest BCUT2D eigenvalue weighted by Crippen LogP contribution is 2.40. The number of nitrogens with one attached hydrogen (secondary N) is 1. The quantitative estimate of drug-likeness (QED) is 0.651. The molecule has 4 unspecified atom stereocenters. The zero-order valence-electron chi connectivity index (χ0n) is 14.8. The van der Waals surface area contributed by atoms with Crippen LogP contribution >= 0.6 is 0 Å². The van der Waals surface area contributed by atoms with E-state index in [1.165, 1.54) is 44.9 Å². The zero-order valence-corrected chi connectivity index (χ0v) is 14.8. The standard InChI is InChI=1S/C19H35N3/c1-13(2)6-4-7-14(3)8-5-9-15-10-11-16-17(12-15)19(21)22-18(16)20/h13-17H,4-12H2,1-3H3,(H3,20,21,22). The molecule has 0 saturated heterocycles. The maximum absolute atomic E-state index is 7.98. The third-order valence-corrected chi connectivity index (χ3v) is 5.73. The van der Waals surface area contributed by atoms with E-state index in [2.05, 4.69) is 25.8 Å². The van der Waals surface area contributed by atoms with Crippen LogP contribution in [0, 0.1) is 35.0 Å². The molecule has 0 aromatic rings. The van der Waals surface area contributed by atoms with Crippen LogP contribution in [0.15, 0.2) is 4.99 Å². The van der Waals surface area contributed by atoms with E-state index in [-0.39, 0.29) is 0 Å². The first-order chi connectivity index (χ1) is 10.5. The highest BCUT2D eigenvalue weighted by atomic mass is 15.0. The summed E-state index contributed by atoms with van der Waals surface area (Å²) in [6.45, 7) is 7.05. The maximum Gasteiger partial charge on any atom is 0.126 e. The summed E-state index contributed by atoms with van der Waals surface area (Å²) in [5.41, 5.74) is 5.94. The molecule has 1 aliphatic carbocycles. The molecule has 0 aromatic heterocycles. The number of hydrogen-bond donors (Lipinski definition) is 2. The Morgan fingerprint density at radius 3 is 2.55 bits per heavy atom. The van der Waals surface area contributed by atoms with Gasteiger partial charge in [-0.15, -0.1) is 0 Å². The first-order valence-electron chi connectivity index (χ1n) is 9.39. The van der Waals surface area contributed by atoms with Crippen LogP contribution in [0.2, 0.25) is 0 Å². The minimum Gasteiger partial charge on any atom is -0.387 e. The van der Waals surface area contributed by atoms with Crippen molar-refractivity contribution < 1.29 is 0 Å². The lowest BCUT2D eigenvalue weighted by atomic mass is 9.73. The van der Waals surface area contributed by atoms with E-state index in [4.69, 9.17) is 11.1 Å². The Morgan fingerprint density at radius 2 is 1.82 bits per heavy atom. The first kappa shape index (κ1) is 17.5. The zero-order chi connectivity index (χ0) is 16.1. The molecule has 2 rings (SSSR count). The molecule has 22 heavy (non-hydrogen) atoms. The Balaban J connectivity index is 1.61. The highest BCUT2D eigenvalue weighted by Gasteiger charge is 2.39. The van der Waals surface area contributed by atoms with Crippen molar-refractivity contribution >= 4 is 11.7 Å². The predicted molar refractivity (Wildman–Crippen MR) is 95.4 cm³/mol. The fourth-order valence-corrected chi connectivity index (χ4v) is 4.25. The lowest BCUT2D eigenvalue weighted by Crippen LogP contribution is -2.32. The van der Waals surface area contributed by atoms with Crippen LogP contribution in [0.4, 0.5) is 0 Å². The summed E-state index contributed by atoms with van der Waals surface area (Å²) in [7, 11) is 0. The van der Waals surface area contributed by atoms with E-state index in [9.17, 15) is 0 Å². The van der Waals surface area contributed by atoms with Gasteiger partial charge in [0.25, 0.3) is 0 Å². The highest BCUT2D eigenvalue weighted by molar-refractivity contribution is 6.04. The average Bonchev–Trinajstić information content (AvgIpc) is 2.73. The van der Waals surface area contributed by atoms with Crippen molar-refractivity contribution in [1.82, 2.24) is 0 Å². The van der Waals surface area contributed by atoms with Crippen molar-refractivity contribution in [3.05, 3.63) is 0 Å². The molecule has 0 radical (unpaired) electrons. The topological polar surface area (TPSA) is 62.2 Å². The second-order valence-electron chi connectivity index (χ2n) is 8.17. The summed E-state index contributed by atoms with van der Waals surface area (Å²) in [4.78, 5) is 4.20. The molecule has 4 atom stereocenters. The van der Waals surface area contributed by atoms with Gasteiger partial charge in [-0.2, -0.15) is 0 Å². The third kappa shape index (κ3) is 4.82. The van der Waals surface area contributed by atoms with Gasteiger partial charge in [0.15, 0.2) is 0 Å². The van der Waals surface area contributed by atoms with Crippen LogP contribution in [0.3, 0.4) is 0 Å². The van der Waals surface area contributed by atoms with Crippen LogP contribution in [0.25, 0.3) is 0 Å². The Labute approximate surface area is 136 Å². The Kier molecular flexibility index (Phi) is 6.46. The molecule has 3 nitrogen and oxygen atoms in total. The van der Waals surface area contributed by atoms with Gasteiger partial charge in [0.05, 0.1) is 0 Å². The number of hydrogen-bond acceptors (Lipinski definition) is 2. The second kappa shape index (κ2) is 8.12. The van der Waals surface area contributed by atoms with Gasteiger partial charge in [-0.3, -0.25) is 5.41 Å². The number of amidine groups is 2. The Bertz CT molecular complexity index is 399. The van der Waals surface area contributed by atoms with E-state index < -0.39 is 0 Å². The van der Waals surface area contributed by atoms with Gasteiger partial charge in [-0.05, 0) is 37.0 Å². The summed E-state index contributed by atoms with van der Waals surface area (Å²) in [6.07, 6.45) is 11.8. The third-order valence-electron chi connectivity index (χ3n) is 5.73.